The zero-order valence-electron chi connectivity index (χ0n) is 11.7. The summed E-state index contributed by atoms with van der Waals surface area (Å²) in [5.74, 6) is 0.874. The summed E-state index contributed by atoms with van der Waals surface area (Å²) in [5.41, 5.74) is 2.85. The van der Waals surface area contributed by atoms with Crippen LogP contribution in [0.4, 0.5) is 0 Å². The second-order valence-electron chi connectivity index (χ2n) is 5.31. The lowest BCUT2D eigenvalue weighted by atomic mass is 10.1. The number of fused-ring (bicyclic) bond motifs is 1. The van der Waals surface area contributed by atoms with E-state index in [0.717, 1.165) is 12.2 Å². The number of hydrogen-bond acceptors (Lipinski definition) is 3. The fourth-order valence-corrected chi connectivity index (χ4v) is 2.26. The third-order valence-corrected chi connectivity index (χ3v) is 3.27. The Labute approximate surface area is 121 Å². The van der Waals surface area contributed by atoms with Gasteiger partial charge in [-0.3, -0.25) is 0 Å². The average Bonchev–Trinajstić information content (AvgIpc) is 2.81. The predicted molar refractivity (Wildman–Crippen MR) is 73.1 cm³/mol. The van der Waals surface area contributed by atoms with Crippen LogP contribution >= 0.6 is 0 Å². The van der Waals surface area contributed by atoms with Gasteiger partial charge in [0.15, 0.2) is 0 Å². The molecule has 108 valence electrons. The zero-order valence-corrected chi connectivity index (χ0v) is 12.4. The Morgan fingerprint density at radius 3 is 2.74 bits per heavy atom. The van der Waals surface area contributed by atoms with Crippen molar-refractivity contribution in [3.63, 3.8) is 0 Å². The zero-order chi connectivity index (χ0) is 13.0. The van der Waals surface area contributed by atoms with Crippen LogP contribution in [0.15, 0.2) is 18.2 Å². The molecule has 1 aliphatic carbocycles. The van der Waals surface area contributed by atoms with Crippen LogP contribution in [0, 0.1) is 0 Å². The first kappa shape index (κ1) is 16.3. The van der Waals surface area contributed by atoms with Gasteiger partial charge in [-0.1, -0.05) is 19.9 Å². The number of ether oxygens (including phenoxy) is 1. The number of rotatable bonds is 6. The molecule has 0 aliphatic heterocycles. The molecule has 2 N–H and O–H groups in total. The first-order chi connectivity index (χ1) is 8.65. The van der Waals surface area contributed by atoms with E-state index in [1.807, 2.05) is 6.07 Å². The Morgan fingerprint density at radius 1 is 1.26 bits per heavy atom. The standard InChI is InChI=1S/C15H23NO2.ClH/c1-11(2)16-9-14(17)10-18-15-7-6-12-4-3-5-13(12)8-15;/h6-8,11,14,16-17H,3-5,9-10H2,1-2H3;1H/p-1. The molecule has 1 unspecified atom stereocenters. The fraction of sp³-hybridized carbons (Fsp3) is 0.600. The predicted octanol–water partition coefficient (Wildman–Crippen LogP) is -1.08. The van der Waals surface area contributed by atoms with E-state index in [4.69, 9.17) is 4.74 Å². The molecule has 0 aromatic heterocycles. The van der Waals surface area contributed by atoms with Crippen molar-refractivity contribution in [3.05, 3.63) is 29.3 Å². The van der Waals surface area contributed by atoms with Gasteiger partial charge in [0.25, 0.3) is 0 Å². The Morgan fingerprint density at radius 2 is 2.00 bits per heavy atom. The molecule has 2 rings (SSSR count). The van der Waals surface area contributed by atoms with Gasteiger partial charge < -0.3 is 27.6 Å². The van der Waals surface area contributed by atoms with Gasteiger partial charge in [-0.2, -0.15) is 0 Å². The minimum Gasteiger partial charge on any atom is -1.00 e. The lowest BCUT2D eigenvalue weighted by molar-refractivity contribution is -0.00000567. The van der Waals surface area contributed by atoms with Gasteiger partial charge in [-0.25, -0.2) is 0 Å². The molecular formula is C15H23ClNO2-. The van der Waals surface area contributed by atoms with Gasteiger partial charge in [0, 0.05) is 12.6 Å². The Kier molecular flexibility index (Phi) is 6.63. The first-order valence-electron chi connectivity index (χ1n) is 6.81. The summed E-state index contributed by atoms with van der Waals surface area (Å²) >= 11 is 0. The van der Waals surface area contributed by atoms with Crippen molar-refractivity contribution in [2.45, 2.75) is 45.3 Å². The van der Waals surface area contributed by atoms with Gasteiger partial charge >= 0.3 is 0 Å². The number of nitrogens with one attached hydrogen (secondary N) is 1. The third-order valence-electron chi connectivity index (χ3n) is 3.27. The molecule has 0 heterocycles. The average molecular weight is 285 g/mol. The maximum absolute atomic E-state index is 9.77. The number of halogens is 1. The summed E-state index contributed by atoms with van der Waals surface area (Å²) in [6, 6.07) is 6.66. The van der Waals surface area contributed by atoms with E-state index in [-0.39, 0.29) is 12.4 Å². The minimum absolute atomic E-state index is 0. The number of aliphatic hydroxyl groups is 1. The number of hydrogen-bond donors (Lipinski definition) is 2. The topological polar surface area (TPSA) is 41.5 Å². The van der Waals surface area contributed by atoms with Crippen LogP contribution in [0.2, 0.25) is 0 Å². The number of aliphatic hydroxyl groups excluding tert-OH is 1. The molecule has 19 heavy (non-hydrogen) atoms. The lowest BCUT2D eigenvalue weighted by Crippen LogP contribution is -3.00. The smallest absolute Gasteiger partial charge is 0.119 e. The van der Waals surface area contributed by atoms with Crippen LogP contribution in [0.5, 0.6) is 5.75 Å². The van der Waals surface area contributed by atoms with Crippen molar-refractivity contribution < 1.29 is 22.3 Å². The lowest BCUT2D eigenvalue weighted by Gasteiger charge is -2.15. The molecule has 0 spiro atoms. The molecule has 0 fully saturated rings. The van der Waals surface area contributed by atoms with E-state index in [9.17, 15) is 5.11 Å². The third kappa shape index (κ3) is 5.01. The highest BCUT2D eigenvalue weighted by Crippen LogP contribution is 2.25. The van der Waals surface area contributed by atoms with E-state index < -0.39 is 6.10 Å². The highest BCUT2D eigenvalue weighted by Gasteiger charge is 2.12. The molecule has 1 aromatic carbocycles. The van der Waals surface area contributed by atoms with Crippen LogP contribution in [-0.2, 0) is 12.8 Å². The number of benzene rings is 1. The van der Waals surface area contributed by atoms with Crippen molar-refractivity contribution >= 4 is 0 Å². The van der Waals surface area contributed by atoms with E-state index >= 15 is 0 Å². The van der Waals surface area contributed by atoms with Crippen molar-refractivity contribution in [2.24, 2.45) is 0 Å². The first-order valence-corrected chi connectivity index (χ1v) is 6.81. The Hall–Kier alpha value is -0.770. The van der Waals surface area contributed by atoms with Crippen LogP contribution in [0.3, 0.4) is 0 Å². The fourth-order valence-electron chi connectivity index (χ4n) is 2.26. The van der Waals surface area contributed by atoms with Gasteiger partial charge in [0.05, 0.1) is 0 Å². The van der Waals surface area contributed by atoms with Crippen LogP contribution in [0.1, 0.15) is 31.4 Å². The maximum Gasteiger partial charge on any atom is 0.119 e. The maximum atomic E-state index is 9.77. The molecule has 3 nitrogen and oxygen atoms in total. The second kappa shape index (κ2) is 7.73. The molecule has 1 atom stereocenters. The van der Waals surface area contributed by atoms with Crippen LogP contribution < -0.4 is 22.5 Å². The molecule has 1 aliphatic rings. The molecule has 0 saturated heterocycles. The highest BCUT2D eigenvalue weighted by molar-refractivity contribution is 5.38. The van der Waals surface area contributed by atoms with E-state index in [1.165, 1.54) is 24.0 Å². The van der Waals surface area contributed by atoms with Gasteiger partial charge in [-0.05, 0) is 42.5 Å². The molecule has 4 heteroatoms. The SMILES string of the molecule is CC(C)NCC(O)COc1ccc2c(c1)CCC2.[Cl-]. The Bertz CT molecular complexity index is 396. The van der Waals surface area contributed by atoms with Gasteiger partial charge in [0.2, 0.25) is 0 Å². The van der Waals surface area contributed by atoms with Crippen LogP contribution in [0.25, 0.3) is 0 Å². The van der Waals surface area contributed by atoms with Gasteiger partial charge in [-0.15, -0.1) is 0 Å². The summed E-state index contributed by atoms with van der Waals surface area (Å²) < 4.78 is 5.64. The van der Waals surface area contributed by atoms with Crippen molar-refractivity contribution in [2.75, 3.05) is 13.2 Å². The molecule has 0 bridgehead atoms. The van der Waals surface area contributed by atoms with E-state index in [1.54, 1.807) is 0 Å². The summed E-state index contributed by atoms with van der Waals surface area (Å²) in [6.45, 7) is 5.04. The minimum atomic E-state index is -0.458. The summed E-state index contributed by atoms with van der Waals surface area (Å²) in [4.78, 5) is 0. The largest absolute Gasteiger partial charge is 1.00 e. The van der Waals surface area contributed by atoms with Gasteiger partial charge in [0.1, 0.15) is 18.5 Å². The van der Waals surface area contributed by atoms with E-state index in [2.05, 4.69) is 31.3 Å². The van der Waals surface area contributed by atoms with E-state index in [0.29, 0.717) is 19.2 Å². The van der Waals surface area contributed by atoms with Crippen molar-refractivity contribution in [1.82, 2.24) is 5.32 Å². The summed E-state index contributed by atoms with van der Waals surface area (Å²) in [7, 11) is 0. The molecule has 1 aromatic rings. The summed E-state index contributed by atoms with van der Waals surface area (Å²) in [5, 5.41) is 13.0. The monoisotopic (exact) mass is 284 g/mol. The molecule has 0 amide bonds. The second-order valence-corrected chi connectivity index (χ2v) is 5.31. The Balaban J connectivity index is 0.00000180. The summed E-state index contributed by atoms with van der Waals surface area (Å²) in [6.07, 6.45) is 3.14. The van der Waals surface area contributed by atoms with Crippen molar-refractivity contribution in [3.8, 4) is 5.75 Å². The normalized spacial score (nSPS) is 14.9. The van der Waals surface area contributed by atoms with Crippen molar-refractivity contribution in [1.29, 1.82) is 0 Å². The number of aryl methyl sites for hydroxylation is 2. The highest BCUT2D eigenvalue weighted by atomic mass is 35.5. The van der Waals surface area contributed by atoms with Crippen LogP contribution in [-0.4, -0.2) is 30.4 Å². The molecule has 0 saturated carbocycles. The molecule has 0 radical (unpaired) electrons. The molecular weight excluding hydrogens is 262 g/mol. The quantitative estimate of drug-likeness (QED) is 0.698.